The molecular weight excluding hydrogens is 336 g/mol. The van der Waals surface area contributed by atoms with Crippen LogP contribution in [0, 0.1) is 0 Å². The Labute approximate surface area is 168 Å². The normalized spacial score (nSPS) is 9.81. The number of unbranched alkanes of at least 4 members (excludes halogenated alkanes) is 3. The average molecular weight is 375 g/mol. The second-order valence-corrected chi connectivity index (χ2v) is 6.75. The lowest BCUT2D eigenvalue weighted by atomic mass is 9.94. The van der Waals surface area contributed by atoms with Gasteiger partial charge >= 0.3 is 0 Å². The Morgan fingerprint density at radius 3 is 1.69 bits per heavy atom. The van der Waals surface area contributed by atoms with Crippen LogP contribution in [-0.2, 0) is 19.3 Å². The molecule has 0 spiro atoms. The number of hydrogen-bond donors (Lipinski definition) is 1. The van der Waals surface area contributed by atoms with Gasteiger partial charge in [0.05, 0.1) is 0 Å². The maximum atomic E-state index is 8.63. The maximum absolute atomic E-state index is 8.63. The minimum Gasteiger partial charge on any atom is -0.508 e. The van der Waals surface area contributed by atoms with Crippen molar-refractivity contribution in [1.82, 2.24) is 0 Å². The molecule has 2 aromatic carbocycles. The van der Waals surface area contributed by atoms with Gasteiger partial charge < -0.3 is 5.11 Å². The van der Waals surface area contributed by atoms with Gasteiger partial charge in [0.1, 0.15) is 5.75 Å². The summed E-state index contributed by atoms with van der Waals surface area (Å²) < 4.78 is 0. The first-order valence-electron chi connectivity index (χ1n) is 10.1. The molecule has 0 saturated heterocycles. The summed E-state index contributed by atoms with van der Waals surface area (Å²) in [4.78, 5) is 0. The molecule has 0 amide bonds. The molecule has 0 aromatic heterocycles. The van der Waals surface area contributed by atoms with E-state index in [1.165, 1.54) is 57.8 Å². The predicted octanol–water partition coefficient (Wildman–Crippen LogP) is 7.22. The number of hydrogen-bond acceptors (Lipinski definition) is 1. The summed E-state index contributed by atoms with van der Waals surface area (Å²) in [5.41, 5.74) is 4.77. The smallest absolute Gasteiger partial charge is 0.115 e. The Morgan fingerprint density at radius 2 is 1.19 bits per heavy atom. The van der Waals surface area contributed by atoms with Gasteiger partial charge in [0.2, 0.25) is 0 Å². The van der Waals surface area contributed by atoms with Crippen LogP contribution in [0.15, 0.2) is 48.5 Å². The number of phenols is 1. The molecule has 2 rings (SSSR count). The van der Waals surface area contributed by atoms with Gasteiger partial charge in [-0.15, -0.1) is 0 Å². The summed E-state index contributed by atoms with van der Waals surface area (Å²) in [5.74, 6) is 0.322. The standard InChI is InChI=1S/C18H30.C6H6O.H2S/c1-4-7-10-16-13-14-17(11-8-5-2)18(15-16)12-9-6-3;7-6-4-2-1-3-5-6;/h13-15H,4-12H2,1-3H3;1-5,7H;1H2. The molecule has 2 aromatic rings. The first-order chi connectivity index (χ1) is 12.2. The Bertz CT molecular complexity index is 566. The molecule has 1 N–H and O–H groups in total. The Kier molecular flexibility index (Phi) is 15.0. The van der Waals surface area contributed by atoms with Crippen molar-refractivity contribution >= 4 is 13.5 Å². The van der Waals surface area contributed by atoms with Crippen molar-refractivity contribution in [3.63, 3.8) is 0 Å². The molecule has 0 aliphatic heterocycles. The zero-order valence-corrected chi connectivity index (χ0v) is 17.9. The number of phenolic OH excluding ortho intramolecular Hbond substituents is 1. The van der Waals surface area contributed by atoms with Crippen LogP contribution in [-0.4, -0.2) is 5.11 Å². The number of aryl methyl sites for hydroxylation is 3. The molecule has 0 aliphatic carbocycles. The summed E-state index contributed by atoms with van der Waals surface area (Å²) >= 11 is 0. The number of aromatic hydroxyl groups is 1. The third-order valence-corrected chi connectivity index (χ3v) is 4.45. The topological polar surface area (TPSA) is 20.2 Å². The van der Waals surface area contributed by atoms with E-state index in [0.717, 1.165) is 0 Å². The van der Waals surface area contributed by atoms with Crippen molar-refractivity contribution in [2.45, 2.75) is 78.6 Å². The van der Waals surface area contributed by atoms with E-state index in [1.54, 1.807) is 41.0 Å². The quantitative estimate of drug-likeness (QED) is 0.491. The van der Waals surface area contributed by atoms with Gasteiger partial charge in [-0.1, -0.05) is 76.4 Å². The highest BCUT2D eigenvalue weighted by Crippen LogP contribution is 2.18. The average Bonchev–Trinajstić information content (AvgIpc) is 2.64. The van der Waals surface area contributed by atoms with Gasteiger partial charge in [0.15, 0.2) is 0 Å². The predicted molar refractivity (Wildman–Crippen MR) is 121 cm³/mol. The summed E-state index contributed by atoms with van der Waals surface area (Å²) in [7, 11) is 0. The Balaban J connectivity index is 0.000000655. The van der Waals surface area contributed by atoms with Crippen LogP contribution < -0.4 is 0 Å². The second-order valence-electron chi connectivity index (χ2n) is 6.75. The molecule has 146 valence electrons. The van der Waals surface area contributed by atoms with E-state index in [1.807, 2.05) is 6.07 Å². The van der Waals surface area contributed by atoms with Crippen LogP contribution in [0.5, 0.6) is 5.75 Å². The van der Waals surface area contributed by atoms with Crippen LogP contribution >= 0.6 is 13.5 Å². The van der Waals surface area contributed by atoms with Crippen LogP contribution in [0.1, 0.15) is 76.0 Å². The molecule has 0 radical (unpaired) electrons. The van der Waals surface area contributed by atoms with Crippen LogP contribution in [0.3, 0.4) is 0 Å². The lowest BCUT2D eigenvalue weighted by Crippen LogP contribution is -1.97. The van der Waals surface area contributed by atoms with Crippen molar-refractivity contribution in [3.05, 3.63) is 65.2 Å². The lowest BCUT2D eigenvalue weighted by Gasteiger charge is -2.11. The zero-order valence-electron chi connectivity index (χ0n) is 16.9. The van der Waals surface area contributed by atoms with E-state index in [-0.39, 0.29) is 13.5 Å². The Hall–Kier alpha value is -1.41. The molecule has 0 fully saturated rings. The van der Waals surface area contributed by atoms with E-state index in [4.69, 9.17) is 5.11 Å². The minimum absolute atomic E-state index is 0. The van der Waals surface area contributed by atoms with Crippen molar-refractivity contribution in [2.75, 3.05) is 0 Å². The minimum atomic E-state index is 0. The van der Waals surface area contributed by atoms with Gasteiger partial charge in [0.25, 0.3) is 0 Å². The number of para-hydroxylation sites is 1. The summed E-state index contributed by atoms with van der Waals surface area (Å²) in [6.07, 6.45) is 11.7. The van der Waals surface area contributed by atoms with Crippen LogP contribution in [0.4, 0.5) is 0 Å². The van der Waals surface area contributed by atoms with E-state index < -0.39 is 0 Å². The van der Waals surface area contributed by atoms with Crippen LogP contribution in [0.2, 0.25) is 0 Å². The third-order valence-electron chi connectivity index (χ3n) is 4.45. The van der Waals surface area contributed by atoms with Crippen LogP contribution in [0.25, 0.3) is 0 Å². The van der Waals surface area contributed by atoms with Gasteiger partial charge in [-0.3, -0.25) is 0 Å². The molecule has 0 bridgehead atoms. The first-order valence-corrected chi connectivity index (χ1v) is 10.1. The molecule has 0 heterocycles. The highest BCUT2D eigenvalue weighted by Gasteiger charge is 2.04. The molecule has 0 atom stereocenters. The van der Waals surface area contributed by atoms with Crippen molar-refractivity contribution < 1.29 is 5.11 Å². The van der Waals surface area contributed by atoms with E-state index in [9.17, 15) is 0 Å². The van der Waals surface area contributed by atoms with E-state index in [2.05, 4.69) is 39.0 Å². The second kappa shape index (κ2) is 15.8. The van der Waals surface area contributed by atoms with E-state index in [0.29, 0.717) is 5.75 Å². The fraction of sp³-hybridized carbons (Fsp3) is 0.500. The van der Waals surface area contributed by atoms with Crippen molar-refractivity contribution in [2.24, 2.45) is 0 Å². The third kappa shape index (κ3) is 10.6. The molecular formula is C24H38OS. The van der Waals surface area contributed by atoms with Crippen molar-refractivity contribution in [1.29, 1.82) is 0 Å². The molecule has 0 unspecified atom stereocenters. The van der Waals surface area contributed by atoms with E-state index >= 15 is 0 Å². The van der Waals surface area contributed by atoms with Gasteiger partial charge in [-0.05, 0) is 67.3 Å². The fourth-order valence-corrected chi connectivity index (χ4v) is 2.85. The zero-order chi connectivity index (χ0) is 18.3. The molecule has 26 heavy (non-hydrogen) atoms. The first kappa shape index (κ1) is 24.6. The molecule has 1 nitrogen and oxygen atoms in total. The number of benzene rings is 2. The van der Waals surface area contributed by atoms with Gasteiger partial charge in [-0.2, -0.15) is 13.5 Å². The Morgan fingerprint density at radius 1 is 0.654 bits per heavy atom. The van der Waals surface area contributed by atoms with Crippen molar-refractivity contribution in [3.8, 4) is 5.75 Å². The highest BCUT2D eigenvalue weighted by molar-refractivity contribution is 7.59. The SMILES string of the molecule is CCCCc1ccc(CCCC)c(CCCC)c1.Oc1ccccc1.S. The summed E-state index contributed by atoms with van der Waals surface area (Å²) in [6.45, 7) is 6.83. The summed E-state index contributed by atoms with van der Waals surface area (Å²) in [6, 6.07) is 15.9. The fourth-order valence-electron chi connectivity index (χ4n) is 2.85. The number of rotatable bonds is 9. The largest absolute Gasteiger partial charge is 0.508 e. The molecule has 2 heteroatoms. The molecule has 0 saturated carbocycles. The molecule has 0 aliphatic rings. The lowest BCUT2D eigenvalue weighted by molar-refractivity contribution is 0.475. The van der Waals surface area contributed by atoms with Gasteiger partial charge in [0, 0.05) is 0 Å². The highest BCUT2D eigenvalue weighted by atomic mass is 32.1. The maximum Gasteiger partial charge on any atom is 0.115 e. The monoisotopic (exact) mass is 374 g/mol. The van der Waals surface area contributed by atoms with Gasteiger partial charge in [-0.25, -0.2) is 0 Å². The summed E-state index contributed by atoms with van der Waals surface area (Å²) in [5, 5.41) is 8.63.